The van der Waals surface area contributed by atoms with Gasteiger partial charge >= 0.3 is 0 Å². The smallest absolute Gasteiger partial charge is 0.254 e. The molecule has 0 unspecified atom stereocenters. The Bertz CT molecular complexity index is 951. The van der Waals surface area contributed by atoms with Gasteiger partial charge in [0.2, 0.25) is 5.89 Å². The van der Waals surface area contributed by atoms with E-state index in [-0.39, 0.29) is 6.61 Å². The Hall–Kier alpha value is -3.60. The van der Waals surface area contributed by atoms with E-state index in [1.165, 1.54) is 0 Å². The van der Waals surface area contributed by atoms with Crippen LogP contribution in [0.15, 0.2) is 89.3 Å². The first-order chi connectivity index (χ1) is 12.9. The highest BCUT2D eigenvalue weighted by atomic mass is 16.5. The Kier molecular flexibility index (Phi) is 4.60. The summed E-state index contributed by atoms with van der Waals surface area (Å²) in [6.45, 7) is 0.207. The van der Waals surface area contributed by atoms with Crippen LogP contribution in [0.4, 0.5) is 0 Å². The fourth-order valence-electron chi connectivity index (χ4n) is 2.38. The zero-order valence-corrected chi connectivity index (χ0v) is 13.9. The molecule has 0 aliphatic heterocycles. The van der Waals surface area contributed by atoms with Gasteiger partial charge in [0.25, 0.3) is 5.89 Å². The minimum absolute atomic E-state index is 0.207. The average Bonchev–Trinajstić information content (AvgIpc) is 3.18. The number of aromatic nitrogens is 2. The third kappa shape index (κ3) is 3.89. The summed E-state index contributed by atoms with van der Waals surface area (Å²) in [4.78, 5) is 0. The zero-order chi connectivity index (χ0) is 17.6. The van der Waals surface area contributed by atoms with Crippen molar-refractivity contribution in [2.24, 2.45) is 0 Å². The molecule has 26 heavy (non-hydrogen) atoms. The predicted molar refractivity (Wildman–Crippen MR) is 97.0 cm³/mol. The number of rotatable bonds is 6. The number of nitrogens with zero attached hydrogens (tertiary/aromatic N) is 2. The lowest BCUT2D eigenvalue weighted by Crippen LogP contribution is -1.95. The number of hydrogen-bond acceptors (Lipinski definition) is 5. The van der Waals surface area contributed by atoms with Crippen LogP contribution in [0.3, 0.4) is 0 Å². The van der Waals surface area contributed by atoms with Crippen molar-refractivity contribution in [3.05, 3.63) is 90.8 Å². The second kappa shape index (κ2) is 7.53. The molecular weight excluding hydrogens is 328 g/mol. The van der Waals surface area contributed by atoms with Gasteiger partial charge in [-0.3, -0.25) is 0 Å². The highest BCUT2D eigenvalue weighted by molar-refractivity contribution is 5.51. The van der Waals surface area contributed by atoms with Gasteiger partial charge in [0.05, 0.1) is 0 Å². The maximum absolute atomic E-state index is 5.75. The predicted octanol–water partition coefficient (Wildman–Crippen LogP) is 5.11. The number of benzene rings is 3. The second-order valence-corrected chi connectivity index (χ2v) is 5.54. The standard InChI is InChI=1S/C21H16N2O3/c1-3-7-16(8-4-1)21-23-22-20(26-21)15-24-17-11-13-19(14-12-17)25-18-9-5-2-6-10-18/h1-14H,15H2. The van der Waals surface area contributed by atoms with E-state index in [0.717, 1.165) is 17.1 Å². The van der Waals surface area contributed by atoms with Gasteiger partial charge in [-0.15, -0.1) is 10.2 Å². The molecule has 3 aromatic carbocycles. The number of para-hydroxylation sites is 1. The van der Waals surface area contributed by atoms with E-state index in [9.17, 15) is 0 Å². The third-order valence-electron chi connectivity index (χ3n) is 3.65. The fourth-order valence-corrected chi connectivity index (χ4v) is 2.38. The molecule has 0 saturated heterocycles. The Morgan fingerprint density at radius 1 is 0.654 bits per heavy atom. The topological polar surface area (TPSA) is 57.4 Å². The van der Waals surface area contributed by atoms with Crippen LogP contribution in [0.1, 0.15) is 5.89 Å². The zero-order valence-electron chi connectivity index (χ0n) is 13.9. The van der Waals surface area contributed by atoms with E-state index >= 15 is 0 Å². The molecule has 4 aromatic rings. The minimum Gasteiger partial charge on any atom is -0.484 e. The first kappa shape index (κ1) is 15.9. The quantitative estimate of drug-likeness (QED) is 0.486. The average molecular weight is 344 g/mol. The lowest BCUT2D eigenvalue weighted by Gasteiger charge is -2.07. The molecule has 4 rings (SSSR count). The molecule has 1 aromatic heterocycles. The highest BCUT2D eigenvalue weighted by Crippen LogP contribution is 2.24. The van der Waals surface area contributed by atoms with Gasteiger partial charge in [0.15, 0.2) is 6.61 Å². The molecule has 5 heteroatoms. The van der Waals surface area contributed by atoms with E-state index in [1.807, 2.05) is 84.9 Å². The van der Waals surface area contributed by atoms with Gasteiger partial charge in [-0.2, -0.15) is 0 Å². The lowest BCUT2D eigenvalue weighted by molar-refractivity contribution is 0.264. The van der Waals surface area contributed by atoms with Crippen molar-refractivity contribution in [3.63, 3.8) is 0 Å². The Morgan fingerprint density at radius 3 is 2.00 bits per heavy atom. The number of hydrogen-bond donors (Lipinski definition) is 0. The first-order valence-corrected chi connectivity index (χ1v) is 8.20. The Labute approximate surface area is 150 Å². The minimum atomic E-state index is 0.207. The molecule has 0 N–H and O–H groups in total. The van der Waals surface area contributed by atoms with Crippen molar-refractivity contribution >= 4 is 0 Å². The summed E-state index contributed by atoms with van der Waals surface area (Å²) in [6, 6.07) is 26.6. The van der Waals surface area contributed by atoms with E-state index in [1.54, 1.807) is 0 Å². The molecule has 5 nitrogen and oxygen atoms in total. The molecule has 0 spiro atoms. The molecule has 1 heterocycles. The van der Waals surface area contributed by atoms with Crippen molar-refractivity contribution in [3.8, 4) is 28.7 Å². The molecule has 0 saturated carbocycles. The first-order valence-electron chi connectivity index (χ1n) is 8.20. The second-order valence-electron chi connectivity index (χ2n) is 5.54. The van der Waals surface area contributed by atoms with Crippen LogP contribution in [-0.4, -0.2) is 10.2 Å². The van der Waals surface area contributed by atoms with Crippen LogP contribution in [0.5, 0.6) is 17.2 Å². The van der Waals surface area contributed by atoms with E-state index in [2.05, 4.69) is 10.2 Å². The van der Waals surface area contributed by atoms with Crippen LogP contribution >= 0.6 is 0 Å². The van der Waals surface area contributed by atoms with Gasteiger partial charge < -0.3 is 13.9 Å². The third-order valence-corrected chi connectivity index (χ3v) is 3.65. The van der Waals surface area contributed by atoms with Crippen molar-refractivity contribution in [1.29, 1.82) is 0 Å². The summed E-state index contributed by atoms with van der Waals surface area (Å²) in [6.07, 6.45) is 0. The van der Waals surface area contributed by atoms with Gasteiger partial charge in [-0.1, -0.05) is 36.4 Å². The monoisotopic (exact) mass is 344 g/mol. The summed E-state index contributed by atoms with van der Waals surface area (Å²) in [7, 11) is 0. The molecular formula is C21H16N2O3. The lowest BCUT2D eigenvalue weighted by atomic mass is 10.2. The molecule has 128 valence electrons. The van der Waals surface area contributed by atoms with E-state index < -0.39 is 0 Å². The SMILES string of the molecule is c1ccc(Oc2ccc(OCc3nnc(-c4ccccc4)o3)cc2)cc1. The number of ether oxygens (including phenoxy) is 2. The molecule has 0 atom stereocenters. The van der Waals surface area contributed by atoms with E-state index in [4.69, 9.17) is 13.9 Å². The van der Waals surface area contributed by atoms with E-state index in [0.29, 0.717) is 17.5 Å². The summed E-state index contributed by atoms with van der Waals surface area (Å²) in [5.74, 6) is 3.14. The fraction of sp³-hybridized carbons (Fsp3) is 0.0476. The largest absolute Gasteiger partial charge is 0.484 e. The van der Waals surface area contributed by atoms with Gasteiger partial charge in [-0.25, -0.2) is 0 Å². The highest BCUT2D eigenvalue weighted by Gasteiger charge is 2.08. The van der Waals surface area contributed by atoms with Crippen LogP contribution < -0.4 is 9.47 Å². The molecule has 0 radical (unpaired) electrons. The van der Waals surface area contributed by atoms with Gasteiger partial charge in [-0.05, 0) is 48.5 Å². The van der Waals surface area contributed by atoms with Crippen LogP contribution in [0, 0.1) is 0 Å². The molecule has 0 bridgehead atoms. The van der Waals surface area contributed by atoms with Crippen molar-refractivity contribution < 1.29 is 13.9 Å². The summed E-state index contributed by atoms with van der Waals surface area (Å²) in [5, 5.41) is 8.06. The molecule has 0 aliphatic carbocycles. The molecule has 0 aliphatic rings. The maximum Gasteiger partial charge on any atom is 0.254 e. The molecule has 0 fully saturated rings. The summed E-state index contributed by atoms with van der Waals surface area (Å²) in [5.41, 5.74) is 0.883. The van der Waals surface area contributed by atoms with Gasteiger partial charge in [0.1, 0.15) is 17.2 Å². The Balaban J connectivity index is 1.36. The van der Waals surface area contributed by atoms with Crippen molar-refractivity contribution in [2.45, 2.75) is 6.61 Å². The normalized spacial score (nSPS) is 10.5. The molecule has 0 amide bonds. The van der Waals surface area contributed by atoms with Crippen LogP contribution in [0.2, 0.25) is 0 Å². The maximum atomic E-state index is 5.75. The summed E-state index contributed by atoms with van der Waals surface area (Å²) < 4.78 is 17.1. The summed E-state index contributed by atoms with van der Waals surface area (Å²) >= 11 is 0. The van der Waals surface area contributed by atoms with Gasteiger partial charge in [0, 0.05) is 5.56 Å². The van der Waals surface area contributed by atoms with Crippen molar-refractivity contribution in [1.82, 2.24) is 10.2 Å². The van der Waals surface area contributed by atoms with Crippen LogP contribution in [-0.2, 0) is 6.61 Å². The van der Waals surface area contributed by atoms with Crippen LogP contribution in [0.25, 0.3) is 11.5 Å². The Morgan fingerprint density at radius 2 is 1.27 bits per heavy atom. The van der Waals surface area contributed by atoms with Crippen molar-refractivity contribution in [2.75, 3.05) is 0 Å².